The van der Waals surface area contributed by atoms with Crippen molar-refractivity contribution in [3.05, 3.63) is 29.8 Å². The Morgan fingerprint density at radius 3 is 3.17 bits per heavy atom. The van der Waals surface area contributed by atoms with Crippen molar-refractivity contribution in [1.29, 1.82) is 0 Å². The smallest absolute Gasteiger partial charge is 0.180 e. The molecule has 0 saturated carbocycles. The average molecular weight is 160 g/mol. The number of hydrogen-bond donors (Lipinski definition) is 0. The van der Waals surface area contributed by atoms with E-state index < -0.39 is 0 Å². The summed E-state index contributed by atoms with van der Waals surface area (Å²) in [5.41, 5.74) is 0.989. The lowest BCUT2D eigenvalue weighted by atomic mass is 10.2. The van der Waals surface area contributed by atoms with Gasteiger partial charge in [-0.25, -0.2) is 9.98 Å². The number of nitrogens with zero attached hydrogens (tertiary/aromatic N) is 2. The molecule has 0 fully saturated rings. The number of ether oxygens (including phenoxy) is 1. The van der Waals surface area contributed by atoms with Gasteiger partial charge >= 0.3 is 0 Å². The lowest BCUT2D eigenvalue weighted by molar-refractivity contribution is 0.331. The number of para-hydroxylation sites is 1. The molecule has 0 saturated heterocycles. The highest BCUT2D eigenvalue weighted by Gasteiger charge is 1.99. The Morgan fingerprint density at radius 2 is 2.17 bits per heavy atom. The van der Waals surface area contributed by atoms with Crippen molar-refractivity contribution >= 4 is 12.6 Å². The lowest BCUT2D eigenvalue weighted by Gasteiger charge is -2.06. The number of fused-ring (bicyclic) bond motifs is 1. The first-order valence-corrected chi connectivity index (χ1v) is 3.70. The van der Waals surface area contributed by atoms with Crippen LogP contribution in [0, 0.1) is 0 Å². The number of hydrogen-bond acceptors (Lipinski definition) is 3. The molecular weight excluding hydrogens is 152 g/mol. The third kappa shape index (κ3) is 1.34. The van der Waals surface area contributed by atoms with Crippen molar-refractivity contribution in [3.63, 3.8) is 0 Å². The Balaban J connectivity index is 2.43. The van der Waals surface area contributed by atoms with Crippen molar-refractivity contribution in [3.8, 4) is 5.75 Å². The van der Waals surface area contributed by atoms with Gasteiger partial charge in [-0.05, 0) is 12.1 Å². The van der Waals surface area contributed by atoms with E-state index in [0.29, 0.717) is 6.73 Å². The van der Waals surface area contributed by atoms with Crippen molar-refractivity contribution in [2.45, 2.75) is 0 Å². The Bertz CT molecular complexity index is 331. The first-order chi connectivity index (χ1) is 5.97. The molecule has 0 unspecified atom stereocenters. The summed E-state index contributed by atoms with van der Waals surface area (Å²) in [7, 11) is 0. The summed E-state index contributed by atoms with van der Waals surface area (Å²) in [6, 6.07) is 7.74. The van der Waals surface area contributed by atoms with Crippen LogP contribution in [0.15, 0.2) is 34.3 Å². The first-order valence-electron chi connectivity index (χ1n) is 3.70. The normalized spacial score (nSPS) is 19.7. The summed E-state index contributed by atoms with van der Waals surface area (Å²) >= 11 is 0. The number of aliphatic imine (C=N–C) groups is 2. The fourth-order valence-corrected chi connectivity index (χ4v) is 1.02. The summed E-state index contributed by atoms with van der Waals surface area (Å²) in [5.74, 6) is 0.832. The van der Waals surface area contributed by atoms with E-state index in [1.54, 1.807) is 6.21 Å². The van der Waals surface area contributed by atoms with E-state index in [0.717, 1.165) is 11.3 Å². The average Bonchev–Trinajstić information content (AvgIpc) is 2.06. The standard InChI is InChI=1S/C9H8N2O/c1-2-4-9-8(3-1)5-10-6-11-7-12-9/h1-6H,7H2/b10-5-,11-6-. The summed E-state index contributed by atoms with van der Waals surface area (Å²) in [6.07, 6.45) is 3.23. The fraction of sp³-hybridized carbons (Fsp3) is 0.111. The van der Waals surface area contributed by atoms with Gasteiger partial charge < -0.3 is 4.74 Å². The molecule has 3 heteroatoms. The summed E-state index contributed by atoms with van der Waals surface area (Å²) in [4.78, 5) is 7.86. The molecule has 12 heavy (non-hydrogen) atoms. The van der Waals surface area contributed by atoms with E-state index in [1.807, 2.05) is 24.3 Å². The molecule has 0 amide bonds. The fourth-order valence-electron chi connectivity index (χ4n) is 1.02. The van der Waals surface area contributed by atoms with Gasteiger partial charge in [0.15, 0.2) is 6.73 Å². The van der Waals surface area contributed by atoms with Gasteiger partial charge in [-0.15, -0.1) is 0 Å². The Hall–Kier alpha value is -1.64. The molecule has 1 heterocycles. The quantitative estimate of drug-likeness (QED) is 0.566. The highest BCUT2D eigenvalue weighted by Crippen LogP contribution is 2.16. The molecule has 1 aromatic carbocycles. The van der Waals surface area contributed by atoms with Gasteiger partial charge in [-0.3, -0.25) is 0 Å². The maximum Gasteiger partial charge on any atom is 0.180 e. The number of benzene rings is 1. The van der Waals surface area contributed by atoms with E-state index in [2.05, 4.69) is 9.98 Å². The zero-order valence-electron chi connectivity index (χ0n) is 6.47. The van der Waals surface area contributed by atoms with Crippen LogP contribution in [-0.2, 0) is 0 Å². The van der Waals surface area contributed by atoms with Gasteiger partial charge in [0.25, 0.3) is 0 Å². The van der Waals surface area contributed by atoms with Gasteiger partial charge in [-0.2, -0.15) is 0 Å². The minimum absolute atomic E-state index is 0.342. The molecule has 1 aliphatic heterocycles. The molecule has 1 aromatic rings. The van der Waals surface area contributed by atoms with Crippen LogP contribution in [0.25, 0.3) is 0 Å². The Labute approximate surface area is 70.4 Å². The van der Waals surface area contributed by atoms with Crippen LogP contribution in [0.4, 0.5) is 0 Å². The van der Waals surface area contributed by atoms with Crippen LogP contribution < -0.4 is 4.74 Å². The van der Waals surface area contributed by atoms with Crippen molar-refractivity contribution < 1.29 is 4.74 Å². The van der Waals surface area contributed by atoms with Crippen molar-refractivity contribution in [1.82, 2.24) is 0 Å². The third-order valence-electron chi connectivity index (χ3n) is 1.58. The zero-order chi connectivity index (χ0) is 8.23. The maximum absolute atomic E-state index is 5.34. The molecule has 0 radical (unpaired) electrons. The largest absolute Gasteiger partial charge is 0.471 e. The summed E-state index contributed by atoms with van der Waals surface area (Å²) in [5, 5.41) is 0. The summed E-state index contributed by atoms with van der Waals surface area (Å²) < 4.78 is 5.34. The summed E-state index contributed by atoms with van der Waals surface area (Å²) in [6.45, 7) is 0.342. The van der Waals surface area contributed by atoms with Gasteiger partial charge in [0.1, 0.15) is 12.1 Å². The molecular formula is C9H8N2O. The molecule has 0 aliphatic carbocycles. The van der Waals surface area contributed by atoms with Crippen molar-refractivity contribution in [2.75, 3.05) is 6.73 Å². The van der Waals surface area contributed by atoms with Crippen LogP contribution in [-0.4, -0.2) is 19.3 Å². The van der Waals surface area contributed by atoms with E-state index in [9.17, 15) is 0 Å². The van der Waals surface area contributed by atoms with E-state index in [4.69, 9.17) is 4.74 Å². The lowest BCUT2D eigenvalue weighted by Crippen LogP contribution is -1.99. The predicted molar refractivity (Wildman–Crippen MR) is 48.0 cm³/mol. The molecule has 1 aliphatic rings. The van der Waals surface area contributed by atoms with Crippen LogP contribution >= 0.6 is 0 Å². The molecule has 2 rings (SSSR count). The Morgan fingerprint density at radius 1 is 1.25 bits per heavy atom. The molecule has 0 atom stereocenters. The van der Waals surface area contributed by atoms with Crippen LogP contribution in [0.2, 0.25) is 0 Å². The molecule has 60 valence electrons. The second-order valence-corrected chi connectivity index (χ2v) is 2.39. The molecule has 0 bridgehead atoms. The third-order valence-corrected chi connectivity index (χ3v) is 1.58. The minimum Gasteiger partial charge on any atom is -0.471 e. The first kappa shape index (κ1) is 7.03. The van der Waals surface area contributed by atoms with Crippen LogP contribution in [0.1, 0.15) is 5.56 Å². The monoisotopic (exact) mass is 160 g/mol. The van der Waals surface area contributed by atoms with Crippen molar-refractivity contribution in [2.24, 2.45) is 9.98 Å². The second-order valence-electron chi connectivity index (χ2n) is 2.39. The maximum atomic E-state index is 5.34. The van der Waals surface area contributed by atoms with Gasteiger partial charge in [0.2, 0.25) is 0 Å². The molecule has 0 N–H and O–H groups in total. The van der Waals surface area contributed by atoms with Crippen LogP contribution in [0.5, 0.6) is 5.75 Å². The van der Waals surface area contributed by atoms with Crippen LogP contribution in [0.3, 0.4) is 0 Å². The highest BCUT2D eigenvalue weighted by molar-refractivity contribution is 5.88. The van der Waals surface area contributed by atoms with Gasteiger partial charge in [0, 0.05) is 11.8 Å². The van der Waals surface area contributed by atoms with E-state index in [-0.39, 0.29) is 0 Å². The highest BCUT2D eigenvalue weighted by atomic mass is 16.5. The SMILES string of the molecule is C1=N\C=N/COc2ccccc2/1. The Kier molecular flexibility index (Phi) is 1.86. The topological polar surface area (TPSA) is 34.0 Å². The molecule has 0 aromatic heterocycles. The minimum atomic E-state index is 0.342. The molecule has 3 nitrogen and oxygen atoms in total. The number of rotatable bonds is 0. The van der Waals surface area contributed by atoms with E-state index >= 15 is 0 Å². The zero-order valence-corrected chi connectivity index (χ0v) is 6.47. The van der Waals surface area contributed by atoms with Gasteiger partial charge in [0.05, 0.1) is 0 Å². The second kappa shape index (κ2) is 3.17. The predicted octanol–water partition coefficient (Wildman–Crippen LogP) is 1.48. The van der Waals surface area contributed by atoms with Gasteiger partial charge in [-0.1, -0.05) is 12.1 Å². The molecule has 0 spiro atoms. The van der Waals surface area contributed by atoms with E-state index in [1.165, 1.54) is 6.34 Å².